The molecule has 2 amide bonds. The number of sulfone groups is 1. The topological polar surface area (TPSA) is 119 Å². The summed E-state index contributed by atoms with van der Waals surface area (Å²) in [7, 11) is -1.77. The number of amides is 2. The zero-order valence-electron chi connectivity index (χ0n) is 18.3. The van der Waals surface area contributed by atoms with Crippen LogP contribution in [0.2, 0.25) is 0 Å². The summed E-state index contributed by atoms with van der Waals surface area (Å²) < 4.78 is 31.0. The fraction of sp³-hybridized carbons (Fsp3) is 0.261. The van der Waals surface area contributed by atoms with E-state index in [1.54, 1.807) is 13.2 Å². The zero-order valence-corrected chi connectivity index (χ0v) is 19.1. The first-order valence-electron chi connectivity index (χ1n) is 10.4. The van der Waals surface area contributed by atoms with Gasteiger partial charge in [-0.05, 0) is 42.7 Å². The van der Waals surface area contributed by atoms with Crippen LogP contribution in [-0.4, -0.2) is 43.7 Å². The minimum atomic E-state index is -3.34. The molecule has 4 rings (SSSR count). The van der Waals surface area contributed by atoms with Crippen molar-refractivity contribution in [3.8, 4) is 11.4 Å². The quantitative estimate of drug-likeness (QED) is 0.534. The number of anilines is 1. The van der Waals surface area contributed by atoms with Crippen molar-refractivity contribution in [2.75, 3.05) is 19.0 Å². The number of carbonyl (C=O) groups excluding carboxylic acids is 2. The Morgan fingerprint density at radius 1 is 1.09 bits per heavy atom. The molecule has 0 saturated carbocycles. The van der Waals surface area contributed by atoms with Crippen LogP contribution in [0.3, 0.4) is 0 Å². The van der Waals surface area contributed by atoms with Crippen molar-refractivity contribution >= 4 is 27.5 Å². The molecule has 1 aromatic heterocycles. The average Bonchev–Trinajstić information content (AvgIpc) is 3.26. The van der Waals surface area contributed by atoms with Crippen molar-refractivity contribution in [3.63, 3.8) is 0 Å². The number of methoxy groups -OCH3 is 1. The Hall–Kier alpha value is -3.66. The average molecular weight is 469 g/mol. The van der Waals surface area contributed by atoms with Crippen LogP contribution in [0.1, 0.15) is 22.4 Å². The second-order valence-electron chi connectivity index (χ2n) is 7.83. The van der Waals surface area contributed by atoms with Gasteiger partial charge in [0.1, 0.15) is 11.6 Å². The molecular formula is C23H24N4O5S. The van der Waals surface area contributed by atoms with E-state index in [1.807, 2.05) is 49.4 Å². The summed E-state index contributed by atoms with van der Waals surface area (Å²) in [4.78, 5) is 25.1. The van der Waals surface area contributed by atoms with Crippen LogP contribution in [0.25, 0.3) is 5.69 Å². The van der Waals surface area contributed by atoms with Crippen molar-refractivity contribution in [2.24, 2.45) is 0 Å². The largest absolute Gasteiger partial charge is 0.496 e. The molecule has 0 saturated heterocycles. The van der Waals surface area contributed by atoms with Gasteiger partial charge >= 0.3 is 11.8 Å². The van der Waals surface area contributed by atoms with E-state index < -0.39 is 21.7 Å². The third kappa shape index (κ3) is 4.90. The summed E-state index contributed by atoms with van der Waals surface area (Å²) in [5, 5.41) is 9.58. The number of carbonyl (C=O) groups is 2. The monoisotopic (exact) mass is 468 g/mol. The SMILES string of the molecule is COc1ccccc1CCNC(=O)C(=O)Nc1c2c(nn1-c1cccc(C)c1)CS(=O)(=O)C2. The lowest BCUT2D eigenvalue weighted by Gasteiger charge is -2.12. The molecule has 0 atom stereocenters. The minimum Gasteiger partial charge on any atom is -0.496 e. The number of nitrogens with one attached hydrogen (secondary N) is 2. The Kier molecular flexibility index (Phi) is 6.19. The van der Waals surface area contributed by atoms with Gasteiger partial charge in [-0.3, -0.25) is 9.59 Å². The zero-order chi connectivity index (χ0) is 23.6. The summed E-state index contributed by atoms with van der Waals surface area (Å²) in [5.74, 6) is -1.25. The number of benzene rings is 2. The molecule has 2 aromatic carbocycles. The van der Waals surface area contributed by atoms with E-state index in [0.29, 0.717) is 29.1 Å². The summed E-state index contributed by atoms with van der Waals surface area (Å²) >= 11 is 0. The summed E-state index contributed by atoms with van der Waals surface area (Å²) in [6.45, 7) is 2.15. The highest BCUT2D eigenvalue weighted by molar-refractivity contribution is 7.90. The first-order valence-corrected chi connectivity index (χ1v) is 12.2. The van der Waals surface area contributed by atoms with Crippen molar-refractivity contribution in [1.82, 2.24) is 15.1 Å². The van der Waals surface area contributed by atoms with E-state index in [0.717, 1.165) is 11.1 Å². The first-order chi connectivity index (χ1) is 15.8. The van der Waals surface area contributed by atoms with E-state index in [1.165, 1.54) is 4.68 Å². The Labute approximate surface area is 191 Å². The Morgan fingerprint density at radius 3 is 2.64 bits per heavy atom. The molecule has 0 spiro atoms. The lowest BCUT2D eigenvalue weighted by molar-refractivity contribution is -0.136. The Bertz CT molecular complexity index is 1330. The van der Waals surface area contributed by atoms with E-state index in [9.17, 15) is 18.0 Å². The number of aryl methyl sites for hydroxylation is 1. The number of hydrogen-bond donors (Lipinski definition) is 2. The van der Waals surface area contributed by atoms with Crippen molar-refractivity contribution in [1.29, 1.82) is 0 Å². The van der Waals surface area contributed by atoms with Gasteiger partial charge in [-0.15, -0.1) is 0 Å². The van der Waals surface area contributed by atoms with E-state index in [-0.39, 0.29) is 23.9 Å². The first kappa shape index (κ1) is 22.5. The molecule has 0 aliphatic carbocycles. The van der Waals surface area contributed by atoms with Crippen molar-refractivity contribution in [3.05, 3.63) is 70.9 Å². The van der Waals surface area contributed by atoms with Crippen LogP contribution >= 0.6 is 0 Å². The second-order valence-corrected chi connectivity index (χ2v) is 9.89. The molecule has 0 fully saturated rings. The lowest BCUT2D eigenvalue weighted by Crippen LogP contribution is -2.37. The highest BCUT2D eigenvalue weighted by Gasteiger charge is 2.33. The number of fused-ring (bicyclic) bond motifs is 1. The number of aromatic nitrogens is 2. The maximum absolute atomic E-state index is 12.6. The highest BCUT2D eigenvalue weighted by atomic mass is 32.2. The van der Waals surface area contributed by atoms with Gasteiger partial charge in [0.2, 0.25) is 0 Å². The summed E-state index contributed by atoms with van der Waals surface area (Å²) in [5.41, 5.74) is 3.33. The Balaban J connectivity index is 1.50. The number of hydrogen-bond acceptors (Lipinski definition) is 6. The standard InChI is InChI=1S/C23H24N4O5S/c1-15-6-5-8-17(12-15)27-21(18-13-33(30,31)14-19(18)26-27)25-23(29)22(28)24-11-10-16-7-3-4-9-20(16)32-2/h3-9,12H,10-11,13-14H2,1-2H3,(H,24,28)(H,25,29). The fourth-order valence-corrected chi connectivity index (χ4v) is 5.28. The molecular weight excluding hydrogens is 444 g/mol. The maximum atomic E-state index is 12.6. The normalized spacial score (nSPS) is 13.9. The molecule has 33 heavy (non-hydrogen) atoms. The van der Waals surface area contributed by atoms with Crippen LogP contribution in [-0.2, 0) is 37.4 Å². The van der Waals surface area contributed by atoms with E-state index >= 15 is 0 Å². The van der Waals surface area contributed by atoms with Crippen molar-refractivity contribution < 1.29 is 22.7 Å². The summed E-state index contributed by atoms with van der Waals surface area (Å²) in [6, 6.07) is 14.8. The molecule has 172 valence electrons. The van der Waals surface area contributed by atoms with Crippen LogP contribution < -0.4 is 15.4 Å². The molecule has 3 aromatic rings. The molecule has 1 aliphatic heterocycles. The van der Waals surface area contributed by atoms with Gasteiger partial charge in [0.25, 0.3) is 0 Å². The molecule has 9 nitrogen and oxygen atoms in total. The molecule has 0 unspecified atom stereocenters. The Morgan fingerprint density at radius 2 is 1.88 bits per heavy atom. The van der Waals surface area contributed by atoms with Crippen LogP contribution in [0, 0.1) is 6.92 Å². The fourth-order valence-electron chi connectivity index (χ4n) is 3.78. The van der Waals surface area contributed by atoms with Crippen LogP contribution in [0.15, 0.2) is 48.5 Å². The number of rotatable bonds is 6. The van der Waals surface area contributed by atoms with Gasteiger partial charge in [0.15, 0.2) is 9.84 Å². The number of nitrogens with zero attached hydrogens (tertiary/aromatic N) is 2. The van der Waals surface area contributed by atoms with Gasteiger partial charge in [0.05, 0.1) is 30.0 Å². The predicted octanol–water partition coefficient (Wildman–Crippen LogP) is 1.92. The molecule has 0 bridgehead atoms. The van der Waals surface area contributed by atoms with Gasteiger partial charge in [-0.1, -0.05) is 30.3 Å². The third-order valence-electron chi connectivity index (χ3n) is 5.34. The summed E-state index contributed by atoms with van der Waals surface area (Å²) in [6.07, 6.45) is 0.484. The minimum absolute atomic E-state index is 0.196. The van der Waals surface area contributed by atoms with Gasteiger partial charge in [-0.2, -0.15) is 5.10 Å². The molecule has 2 N–H and O–H groups in total. The molecule has 1 aliphatic rings. The van der Waals surface area contributed by atoms with Gasteiger partial charge < -0.3 is 15.4 Å². The van der Waals surface area contributed by atoms with Crippen molar-refractivity contribution in [2.45, 2.75) is 24.9 Å². The predicted molar refractivity (Wildman–Crippen MR) is 123 cm³/mol. The van der Waals surface area contributed by atoms with Gasteiger partial charge in [0, 0.05) is 12.1 Å². The van der Waals surface area contributed by atoms with Crippen LogP contribution in [0.4, 0.5) is 5.82 Å². The van der Waals surface area contributed by atoms with Gasteiger partial charge in [-0.25, -0.2) is 13.1 Å². The highest BCUT2D eigenvalue weighted by Crippen LogP contribution is 2.33. The number of para-hydroxylation sites is 1. The maximum Gasteiger partial charge on any atom is 0.314 e. The van der Waals surface area contributed by atoms with Crippen LogP contribution in [0.5, 0.6) is 5.75 Å². The smallest absolute Gasteiger partial charge is 0.314 e. The molecule has 0 radical (unpaired) electrons. The lowest BCUT2D eigenvalue weighted by atomic mass is 10.1. The third-order valence-corrected chi connectivity index (χ3v) is 6.79. The van der Waals surface area contributed by atoms with E-state index in [4.69, 9.17) is 4.74 Å². The second kappa shape index (κ2) is 9.07. The number of ether oxygens (including phenoxy) is 1. The molecule has 2 heterocycles. The molecule has 10 heteroatoms. The van der Waals surface area contributed by atoms with E-state index in [2.05, 4.69) is 15.7 Å².